The molecular weight excluding hydrogens is 472 g/mol. The van der Waals surface area contributed by atoms with Crippen LogP contribution in [-0.4, -0.2) is 50.6 Å². The number of carbonyl (C=O) groups excluding carboxylic acids is 2. The van der Waals surface area contributed by atoms with Crippen LogP contribution in [0.4, 0.5) is 5.69 Å². The third-order valence-electron chi connectivity index (χ3n) is 6.38. The van der Waals surface area contributed by atoms with Gasteiger partial charge in [0.25, 0.3) is 5.91 Å². The maximum absolute atomic E-state index is 13.4. The molecule has 0 atom stereocenters. The van der Waals surface area contributed by atoms with Crippen LogP contribution in [0.5, 0.6) is 0 Å². The van der Waals surface area contributed by atoms with E-state index in [2.05, 4.69) is 5.32 Å². The Morgan fingerprint density at radius 2 is 1.68 bits per heavy atom. The lowest BCUT2D eigenvalue weighted by Gasteiger charge is -2.31. The number of benzene rings is 2. The fourth-order valence-corrected chi connectivity index (χ4v) is 6.69. The SMILES string of the molecule is CSc1cccc(NC(=O)COC(=O)C2CCN(S(=O)(=O)c3c(C)c(C)cc(C)c3C)CC2)c1. The van der Waals surface area contributed by atoms with Crippen molar-refractivity contribution in [1.29, 1.82) is 0 Å². The predicted molar refractivity (Wildman–Crippen MR) is 135 cm³/mol. The highest BCUT2D eigenvalue weighted by atomic mass is 32.2. The number of amides is 1. The summed E-state index contributed by atoms with van der Waals surface area (Å²) >= 11 is 1.57. The van der Waals surface area contributed by atoms with E-state index in [9.17, 15) is 18.0 Å². The fraction of sp³-hybridized carbons (Fsp3) is 0.440. The number of sulfonamides is 1. The second-order valence-electron chi connectivity index (χ2n) is 8.66. The molecule has 1 saturated heterocycles. The predicted octanol–water partition coefficient (Wildman–Crippen LogP) is 4.22. The van der Waals surface area contributed by atoms with Crippen LogP contribution in [-0.2, 0) is 24.3 Å². The van der Waals surface area contributed by atoms with E-state index < -0.39 is 27.8 Å². The quantitative estimate of drug-likeness (QED) is 0.448. The summed E-state index contributed by atoms with van der Waals surface area (Å²) in [4.78, 5) is 26.1. The van der Waals surface area contributed by atoms with E-state index >= 15 is 0 Å². The van der Waals surface area contributed by atoms with Crippen LogP contribution in [0.1, 0.15) is 35.1 Å². The number of rotatable bonds is 7. The van der Waals surface area contributed by atoms with Gasteiger partial charge in [0.05, 0.1) is 10.8 Å². The molecule has 0 aliphatic carbocycles. The molecule has 2 aromatic rings. The average molecular weight is 505 g/mol. The number of aryl methyl sites for hydroxylation is 2. The van der Waals surface area contributed by atoms with Gasteiger partial charge < -0.3 is 10.1 Å². The molecule has 0 spiro atoms. The van der Waals surface area contributed by atoms with Crippen molar-refractivity contribution in [3.63, 3.8) is 0 Å². The molecule has 9 heteroatoms. The minimum Gasteiger partial charge on any atom is -0.455 e. The van der Waals surface area contributed by atoms with Crippen molar-refractivity contribution in [2.75, 3.05) is 31.3 Å². The Labute approximate surface area is 206 Å². The Hall–Kier alpha value is -2.36. The Morgan fingerprint density at radius 3 is 2.26 bits per heavy atom. The summed E-state index contributed by atoms with van der Waals surface area (Å²) in [7, 11) is -3.67. The van der Waals surface area contributed by atoms with Gasteiger partial charge in [0, 0.05) is 23.7 Å². The molecule has 2 aromatic carbocycles. The Balaban J connectivity index is 1.56. The highest BCUT2D eigenvalue weighted by Gasteiger charge is 2.35. The zero-order valence-corrected chi connectivity index (χ0v) is 21.9. The summed E-state index contributed by atoms with van der Waals surface area (Å²) in [6.07, 6.45) is 2.67. The molecule has 0 aromatic heterocycles. The zero-order valence-electron chi connectivity index (χ0n) is 20.3. The van der Waals surface area contributed by atoms with Crippen molar-refractivity contribution in [3.05, 3.63) is 52.6 Å². The van der Waals surface area contributed by atoms with Crippen LogP contribution in [0.2, 0.25) is 0 Å². The smallest absolute Gasteiger partial charge is 0.309 e. The van der Waals surface area contributed by atoms with Gasteiger partial charge in [0.2, 0.25) is 10.0 Å². The summed E-state index contributed by atoms with van der Waals surface area (Å²) in [5.74, 6) is -1.31. The fourth-order valence-electron chi connectivity index (χ4n) is 4.18. The molecule has 1 fully saturated rings. The van der Waals surface area contributed by atoms with Crippen molar-refractivity contribution < 1.29 is 22.7 Å². The van der Waals surface area contributed by atoms with Gasteiger partial charge in [-0.2, -0.15) is 4.31 Å². The average Bonchev–Trinajstić information content (AvgIpc) is 2.81. The second-order valence-corrected chi connectivity index (χ2v) is 11.4. The van der Waals surface area contributed by atoms with Crippen LogP contribution < -0.4 is 5.32 Å². The molecule has 0 bridgehead atoms. The van der Waals surface area contributed by atoms with Gasteiger partial charge >= 0.3 is 5.97 Å². The van der Waals surface area contributed by atoms with Gasteiger partial charge in [-0.1, -0.05) is 12.1 Å². The Kier molecular flexibility index (Phi) is 8.43. The first-order valence-electron chi connectivity index (χ1n) is 11.2. The van der Waals surface area contributed by atoms with Gasteiger partial charge in [0.15, 0.2) is 6.61 Å². The van der Waals surface area contributed by atoms with E-state index in [0.717, 1.165) is 27.1 Å². The molecule has 1 amide bonds. The maximum atomic E-state index is 13.4. The number of hydrogen-bond acceptors (Lipinski definition) is 6. The van der Waals surface area contributed by atoms with Gasteiger partial charge in [0.1, 0.15) is 0 Å². The molecule has 0 saturated carbocycles. The van der Waals surface area contributed by atoms with Crippen molar-refractivity contribution in [1.82, 2.24) is 4.31 Å². The van der Waals surface area contributed by atoms with Gasteiger partial charge in [-0.05, 0) is 87.2 Å². The van der Waals surface area contributed by atoms with E-state index in [-0.39, 0.29) is 19.7 Å². The topological polar surface area (TPSA) is 92.8 Å². The Bertz CT molecular complexity index is 1160. The molecule has 7 nitrogen and oxygen atoms in total. The first-order valence-corrected chi connectivity index (χ1v) is 13.9. The molecule has 34 heavy (non-hydrogen) atoms. The molecule has 0 unspecified atom stereocenters. The monoisotopic (exact) mass is 504 g/mol. The highest BCUT2D eigenvalue weighted by Crippen LogP contribution is 2.31. The third-order valence-corrected chi connectivity index (χ3v) is 9.28. The first kappa shape index (κ1) is 26.2. The lowest BCUT2D eigenvalue weighted by Crippen LogP contribution is -2.41. The van der Waals surface area contributed by atoms with Crippen molar-refractivity contribution >= 4 is 39.3 Å². The van der Waals surface area contributed by atoms with E-state index in [1.165, 1.54) is 4.31 Å². The largest absolute Gasteiger partial charge is 0.455 e. The summed E-state index contributed by atoms with van der Waals surface area (Å²) in [6, 6.07) is 9.40. The second kappa shape index (κ2) is 10.9. The minimum absolute atomic E-state index is 0.238. The molecule has 1 aliphatic heterocycles. The molecule has 1 aliphatic rings. The summed E-state index contributed by atoms with van der Waals surface area (Å²) in [5.41, 5.74) is 4.05. The molecule has 1 N–H and O–H groups in total. The standard InChI is InChI=1S/C25H32N2O5S2/c1-16-13-17(2)19(4)24(18(16)3)34(30,31)27-11-9-20(10-12-27)25(29)32-15-23(28)26-21-7-6-8-22(14-21)33-5/h6-8,13-14,20H,9-12,15H2,1-5H3,(H,26,28). The van der Waals surface area contributed by atoms with Crippen LogP contribution in [0.25, 0.3) is 0 Å². The summed E-state index contributed by atoms with van der Waals surface area (Å²) in [5, 5.41) is 2.72. The molecule has 3 rings (SSSR count). The maximum Gasteiger partial charge on any atom is 0.309 e. The molecule has 184 valence electrons. The molecular formula is C25H32N2O5S2. The molecule has 1 heterocycles. The number of esters is 1. The zero-order chi connectivity index (χ0) is 25.0. The third kappa shape index (κ3) is 5.82. The number of piperidine rings is 1. The first-order chi connectivity index (χ1) is 16.0. The van der Waals surface area contributed by atoms with Gasteiger partial charge in [-0.15, -0.1) is 11.8 Å². The number of nitrogens with zero attached hydrogens (tertiary/aromatic N) is 1. The van der Waals surface area contributed by atoms with Crippen molar-refractivity contribution in [2.45, 2.75) is 50.3 Å². The highest BCUT2D eigenvalue weighted by molar-refractivity contribution is 7.98. The van der Waals surface area contributed by atoms with Crippen LogP contribution in [0.15, 0.2) is 40.1 Å². The number of nitrogens with one attached hydrogen (secondary N) is 1. The van der Waals surface area contributed by atoms with Crippen LogP contribution in [0.3, 0.4) is 0 Å². The van der Waals surface area contributed by atoms with E-state index in [0.29, 0.717) is 23.4 Å². The van der Waals surface area contributed by atoms with Gasteiger partial charge in [-0.25, -0.2) is 8.42 Å². The van der Waals surface area contributed by atoms with Crippen molar-refractivity contribution in [2.24, 2.45) is 5.92 Å². The van der Waals surface area contributed by atoms with Gasteiger partial charge in [-0.3, -0.25) is 9.59 Å². The minimum atomic E-state index is -3.67. The number of thioether (sulfide) groups is 1. The lowest BCUT2D eigenvalue weighted by atomic mass is 9.98. The number of anilines is 1. The summed E-state index contributed by atoms with van der Waals surface area (Å²) < 4.78 is 33.5. The van der Waals surface area contributed by atoms with Crippen molar-refractivity contribution in [3.8, 4) is 0 Å². The van der Waals surface area contributed by atoms with E-state index in [4.69, 9.17) is 4.74 Å². The normalized spacial score (nSPS) is 15.2. The van der Waals surface area contributed by atoms with E-state index in [1.54, 1.807) is 17.8 Å². The summed E-state index contributed by atoms with van der Waals surface area (Å²) in [6.45, 7) is 7.60. The van der Waals surface area contributed by atoms with Crippen LogP contribution >= 0.6 is 11.8 Å². The Morgan fingerprint density at radius 1 is 1.06 bits per heavy atom. The van der Waals surface area contributed by atoms with E-state index in [1.807, 2.05) is 58.2 Å². The van der Waals surface area contributed by atoms with Crippen LogP contribution in [0, 0.1) is 33.6 Å². The number of hydrogen-bond donors (Lipinski definition) is 1. The lowest BCUT2D eigenvalue weighted by molar-refractivity contribution is -0.152. The number of ether oxygens (including phenoxy) is 1. The molecule has 0 radical (unpaired) electrons. The number of carbonyl (C=O) groups is 2.